The van der Waals surface area contributed by atoms with Crippen LogP contribution in [0.5, 0.6) is 0 Å². The van der Waals surface area contributed by atoms with Crippen LogP contribution in [0, 0.1) is 0 Å². The molecule has 0 spiro atoms. The Balaban J connectivity index is 2.59. The first-order valence-corrected chi connectivity index (χ1v) is 3.55. The first kappa shape index (κ1) is 7.88. The first-order chi connectivity index (χ1) is 5.34. The molecule has 0 amide bonds. The summed E-state index contributed by atoms with van der Waals surface area (Å²) in [5.41, 5.74) is 8.08. The van der Waals surface area contributed by atoms with Crippen LogP contribution in [0.15, 0.2) is 5.11 Å². The van der Waals surface area contributed by atoms with Gasteiger partial charge in [-0.1, -0.05) is 5.11 Å². The quantitative estimate of drug-likeness (QED) is 0.248. The molecule has 5 heteroatoms. The van der Waals surface area contributed by atoms with Crippen LogP contribution in [0.4, 0.5) is 0 Å². The monoisotopic (exact) mass is 155 g/mol. The summed E-state index contributed by atoms with van der Waals surface area (Å²) in [6.45, 7) is 0.455. The summed E-state index contributed by atoms with van der Waals surface area (Å²) < 4.78 is 4.76. The summed E-state index contributed by atoms with van der Waals surface area (Å²) >= 11 is 0. The third-order valence-electron chi connectivity index (χ3n) is 1.58. The smallest absolute Gasteiger partial charge is 0.314 e. The molecule has 0 aromatic carbocycles. The molecule has 1 fully saturated rings. The maximum atomic E-state index is 10.9. The van der Waals surface area contributed by atoms with E-state index in [1.807, 2.05) is 0 Å². The Labute approximate surface area is 64.0 Å². The second-order valence-electron chi connectivity index (χ2n) is 2.38. The van der Waals surface area contributed by atoms with Gasteiger partial charge in [0.25, 0.3) is 0 Å². The van der Waals surface area contributed by atoms with Gasteiger partial charge in [0.1, 0.15) is 6.04 Å². The molecule has 1 atom stereocenters. The Bertz CT molecular complexity index is 198. The lowest BCUT2D eigenvalue weighted by atomic mass is 10.1. The molecule has 60 valence electrons. The number of ether oxygens (including phenoxy) is 1. The van der Waals surface area contributed by atoms with Crippen molar-refractivity contribution in [3.05, 3.63) is 10.4 Å². The van der Waals surface area contributed by atoms with E-state index in [0.717, 1.165) is 12.8 Å². The fraction of sp³-hybridized carbons (Fsp3) is 0.833. The van der Waals surface area contributed by atoms with Gasteiger partial charge in [-0.2, -0.15) is 0 Å². The zero-order valence-corrected chi connectivity index (χ0v) is 6.06. The maximum Gasteiger partial charge on any atom is 0.314 e. The fourth-order valence-electron chi connectivity index (χ4n) is 0.994. The maximum absolute atomic E-state index is 10.9. The van der Waals surface area contributed by atoms with E-state index < -0.39 is 6.04 Å². The van der Waals surface area contributed by atoms with Crippen molar-refractivity contribution in [2.24, 2.45) is 5.11 Å². The predicted molar refractivity (Wildman–Crippen MR) is 37.7 cm³/mol. The Morgan fingerprint density at radius 3 is 3.18 bits per heavy atom. The number of nitrogens with zero attached hydrogens (tertiary/aromatic N) is 3. The van der Waals surface area contributed by atoms with Crippen LogP contribution in [-0.2, 0) is 9.53 Å². The van der Waals surface area contributed by atoms with Gasteiger partial charge in [0.05, 0.1) is 6.61 Å². The molecule has 5 nitrogen and oxygen atoms in total. The topological polar surface area (TPSA) is 75.1 Å². The highest BCUT2D eigenvalue weighted by molar-refractivity contribution is 5.76. The molecule has 0 aromatic rings. The molecule has 0 bridgehead atoms. The normalized spacial score (nSPS) is 24.7. The van der Waals surface area contributed by atoms with Gasteiger partial charge in [0.15, 0.2) is 0 Å². The van der Waals surface area contributed by atoms with Crippen molar-refractivity contribution in [1.82, 2.24) is 0 Å². The van der Waals surface area contributed by atoms with E-state index in [-0.39, 0.29) is 5.97 Å². The van der Waals surface area contributed by atoms with Crippen LogP contribution >= 0.6 is 0 Å². The first-order valence-electron chi connectivity index (χ1n) is 3.55. The van der Waals surface area contributed by atoms with Crippen molar-refractivity contribution in [2.45, 2.75) is 25.3 Å². The van der Waals surface area contributed by atoms with Crippen LogP contribution in [-0.4, -0.2) is 18.6 Å². The Kier molecular flexibility index (Phi) is 2.74. The van der Waals surface area contributed by atoms with Gasteiger partial charge in [-0.3, -0.25) is 4.79 Å². The zero-order valence-electron chi connectivity index (χ0n) is 6.06. The van der Waals surface area contributed by atoms with Crippen molar-refractivity contribution in [3.8, 4) is 0 Å². The number of esters is 1. The third-order valence-corrected chi connectivity index (χ3v) is 1.58. The molecule has 0 radical (unpaired) electrons. The highest BCUT2D eigenvalue weighted by atomic mass is 16.5. The summed E-state index contributed by atoms with van der Waals surface area (Å²) in [5.74, 6) is -0.389. The summed E-state index contributed by atoms with van der Waals surface area (Å²) in [4.78, 5) is 13.5. The average molecular weight is 155 g/mol. The summed E-state index contributed by atoms with van der Waals surface area (Å²) in [7, 11) is 0. The number of carbonyl (C=O) groups excluding carboxylic acids is 1. The molecule has 0 aromatic heterocycles. The van der Waals surface area contributed by atoms with Crippen LogP contribution in [0.25, 0.3) is 10.4 Å². The van der Waals surface area contributed by atoms with Crippen molar-refractivity contribution in [1.29, 1.82) is 0 Å². The molecule has 1 saturated heterocycles. The van der Waals surface area contributed by atoms with Crippen molar-refractivity contribution < 1.29 is 9.53 Å². The van der Waals surface area contributed by atoms with Gasteiger partial charge in [0, 0.05) is 4.91 Å². The number of hydrogen-bond acceptors (Lipinski definition) is 3. The van der Waals surface area contributed by atoms with Crippen molar-refractivity contribution >= 4 is 5.97 Å². The van der Waals surface area contributed by atoms with Gasteiger partial charge in [-0.05, 0) is 24.8 Å². The van der Waals surface area contributed by atoms with Crippen LogP contribution < -0.4 is 0 Å². The minimum absolute atomic E-state index is 0.389. The highest BCUT2D eigenvalue weighted by Gasteiger charge is 2.20. The van der Waals surface area contributed by atoms with E-state index >= 15 is 0 Å². The van der Waals surface area contributed by atoms with Crippen molar-refractivity contribution in [3.63, 3.8) is 0 Å². The molecule has 11 heavy (non-hydrogen) atoms. The van der Waals surface area contributed by atoms with Gasteiger partial charge in [0.2, 0.25) is 0 Å². The summed E-state index contributed by atoms with van der Waals surface area (Å²) in [6, 6.07) is -0.595. The molecule has 0 N–H and O–H groups in total. The highest BCUT2D eigenvalue weighted by Crippen LogP contribution is 2.11. The van der Waals surface area contributed by atoms with Crippen LogP contribution in [0.3, 0.4) is 0 Å². The zero-order chi connectivity index (χ0) is 8.10. The van der Waals surface area contributed by atoms with Crippen molar-refractivity contribution in [2.75, 3.05) is 6.61 Å². The Morgan fingerprint density at radius 1 is 1.64 bits per heavy atom. The summed E-state index contributed by atoms with van der Waals surface area (Å²) in [6.07, 6.45) is 2.36. The number of hydrogen-bond donors (Lipinski definition) is 0. The van der Waals surface area contributed by atoms with E-state index in [0.29, 0.717) is 13.0 Å². The van der Waals surface area contributed by atoms with Crippen LogP contribution in [0.1, 0.15) is 19.3 Å². The second kappa shape index (κ2) is 3.83. The fourth-order valence-corrected chi connectivity index (χ4v) is 0.994. The van der Waals surface area contributed by atoms with Gasteiger partial charge >= 0.3 is 5.97 Å². The Morgan fingerprint density at radius 2 is 2.45 bits per heavy atom. The molecule has 1 aliphatic rings. The van der Waals surface area contributed by atoms with E-state index in [9.17, 15) is 4.79 Å². The molecule has 0 saturated carbocycles. The number of carbonyl (C=O) groups is 1. The molecule has 1 unspecified atom stereocenters. The lowest BCUT2D eigenvalue weighted by Crippen LogP contribution is -2.18. The standard InChI is InChI=1S/C6H9N3O2/c7-9-8-5-3-1-2-4-11-6(5)10/h5H,1-4H2. The lowest BCUT2D eigenvalue weighted by Gasteiger charge is -2.02. The van der Waals surface area contributed by atoms with Gasteiger partial charge in [-0.15, -0.1) is 0 Å². The minimum Gasteiger partial charge on any atom is -0.465 e. The van der Waals surface area contributed by atoms with E-state index in [2.05, 4.69) is 10.0 Å². The number of azide groups is 1. The van der Waals surface area contributed by atoms with Gasteiger partial charge in [-0.25, -0.2) is 0 Å². The number of rotatable bonds is 1. The largest absolute Gasteiger partial charge is 0.465 e. The molecule has 1 aliphatic heterocycles. The van der Waals surface area contributed by atoms with E-state index in [4.69, 9.17) is 10.3 Å². The molecule has 1 rings (SSSR count). The average Bonchev–Trinajstić information content (AvgIpc) is 2.18. The van der Waals surface area contributed by atoms with Gasteiger partial charge < -0.3 is 4.74 Å². The third kappa shape index (κ3) is 2.13. The second-order valence-corrected chi connectivity index (χ2v) is 2.38. The van der Waals surface area contributed by atoms with E-state index in [1.54, 1.807) is 0 Å². The SMILES string of the molecule is [N-]=[N+]=NC1CCCCOC1=O. The minimum atomic E-state index is -0.595. The summed E-state index contributed by atoms with van der Waals surface area (Å²) in [5, 5.41) is 3.33. The predicted octanol–water partition coefficient (Wildman–Crippen LogP) is 1.39. The molecular weight excluding hydrogens is 146 g/mol. The van der Waals surface area contributed by atoms with Crippen LogP contribution in [0.2, 0.25) is 0 Å². The molecule has 1 heterocycles. The van der Waals surface area contributed by atoms with E-state index in [1.165, 1.54) is 0 Å². The molecular formula is C6H9N3O2. The Hall–Kier alpha value is -1.22. The number of cyclic esters (lactones) is 1. The lowest BCUT2D eigenvalue weighted by molar-refractivity contribution is -0.144. The molecule has 0 aliphatic carbocycles.